The Kier molecular flexibility index (Phi) is 3.26. The molecule has 1 heterocycles. The third-order valence-corrected chi connectivity index (χ3v) is 2.21. The average Bonchev–Trinajstić information content (AvgIpc) is 2.07. The van der Waals surface area contributed by atoms with E-state index in [1.54, 1.807) is 0 Å². The molecule has 2 N–H and O–H groups in total. The standard InChI is InChI=1S/C7H4BrClF3N2/c8-2-3-1-4(7(10,11)12)5(13)6(9)14-3/h1-2H,13H2. The van der Waals surface area contributed by atoms with Gasteiger partial charge in [0.1, 0.15) is 0 Å². The van der Waals surface area contributed by atoms with E-state index in [1.165, 1.54) is 5.33 Å². The largest absolute Gasteiger partial charge is 0.418 e. The summed E-state index contributed by atoms with van der Waals surface area (Å²) >= 11 is 8.29. The Morgan fingerprint density at radius 1 is 1.50 bits per heavy atom. The minimum atomic E-state index is -4.53. The Morgan fingerprint density at radius 3 is 2.50 bits per heavy atom. The molecular weight excluding hydrogens is 284 g/mol. The maximum Gasteiger partial charge on any atom is 0.418 e. The van der Waals surface area contributed by atoms with Gasteiger partial charge in [0.25, 0.3) is 0 Å². The van der Waals surface area contributed by atoms with Crippen LogP contribution in [-0.2, 0) is 6.18 Å². The van der Waals surface area contributed by atoms with E-state index < -0.39 is 17.4 Å². The summed E-state index contributed by atoms with van der Waals surface area (Å²) < 4.78 is 37.0. The smallest absolute Gasteiger partial charge is 0.396 e. The van der Waals surface area contributed by atoms with Crippen LogP contribution in [0.5, 0.6) is 0 Å². The van der Waals surface area contributed by atoms with Gasteiger partial charge in [-0.3, -0.25) is 0 Å². The lowest BCUT2D eigenvalue weighted by molar-refractivity contribution is -0.137. The van der Waals surface area contributed by atoms with E-state index in [9.17, 15) is 13.2 Å². The molecule has 1 aromatic heterocycles. The van der Waals surface area contributed by atoms with Gasteiger partial charge >= 0.3 is 6.18 Å². The van der Waals surface area contributed by atoms with E-state index >= 15 is 0 Å². The third-order valence-electron chi connectivity index (χ3n) is 1.45. The van der Waals surface area contributed by atoms with Gasteiger partial charge in [-0.05, 0) is 6.07 Å². The molecule has 0 fully saturated rings. The summed E-state index contributed by atoms with van der Waals surface area (Å²) in [7, 11) is 0. The maximum absolute atomic E-state index is 12.3. The van der Waals surface area contributed by atoms with Gasteiger partial charge in [0.05, 0.1) is 22.3 Å². The van der Waals surface area contributed by atoms with Gasteiger partial charge < -0.3 is 5.73 Å². The van der Waals surface area contributed by atoms with Gasteiger partial charge in [-0.2, -0.15) is 13.2 Å². The number of hydrogen-bond acceptors (Lipinski definition) is 2. The first kappa shape index (κ1) is 11.6. The van der Waals surface area contributed by atoms with Crippen LogP contribution in [0.3, 0.4) is 0 Å². The molecule has 0 spiro atoms. The molecule has 1 rings (SSSR count). The molecule has 0 atom stereocenters. The molecule has 2 nitrogen and oxygen atoms in total. The van der Waals surface area contributed by atoms with Gasteiger partial charge in [-0.1, -0.05) is 27.5 Å². The molecule has 0 unspecified atom stereocenters. The molecule has 0 aliphatic heterocycles. The van der Waals surface area contributed by atoms with Crippen molar-refractivity contribution in [3.8, 4) is 0 Å². The third kappa shape index (κ3) is 2.30. The molecule has 0 saturated heterocycles. The van der Waals surface area contributed by atoms with Crippen molar-refractivity contribution < 1.29 is 13.2 Å². The summed E-state index contributed by atoms with van der Waals surface area (Å²) in [6.07, 6.45) is -4.53. The van der Waals surface area contributed by atoms with E-state index in [2.05, 4.69) is 20.9 Å². The van der Waals surface area contributed by atoms with Gasteiger partial charge in [-0.25, -0.2) is 4.98 Å². The summed E-state index contributed by atoms with van der Waals surface area (Å²) in [5.74, 6) is 0. The van der Waals surface area contributed by atoms with E-state index in [0.29, 0.717) is 0 Å². The van der Waals surface area contributed by atoms with Crippen molar-refractivity contribution in [1.29, 1.82) is 0 Å². The molecule has 0 aliphatic rings. The zero-order chi connectivity index (χ0) is 10.9. The highest BCUT2D eigenvalue weighted by Crippen LogP contribution is 2.36. The minimum absolute atomic E-state index is 0.0662. The molecule has 0 aromatic carbocycles. The van der Waals surface area contributed by atoms with Crippen molar-refractivity contribution in [1.82, 2.24) is 4.98 Å². The summed E-state index contributed by atoms with van der Waals surface area (Å²) in [6.45, 7) is 0. The molecule has 7 heteroatoms. The summed E-state index contributed by atoms with van der Waals surface area (Å²) in [5, 5.41) is 0.874. The number of anilines is 1. The highest BCUT2D eigenvalue weighted by atomic mass is 79.9. The summed E-state index contributed by atoms with van der Waals surface area (Å²) in [5.41, 5.74) is 3.67. The Hall–Kier alpha value is -0.490. The molecular formula is C7H4BrClF3N2. The number of nitrogens with two attached hydrogens (primary N) is 1. The van der Waals surface area contributed by atoms with E-state index in [0.717, 1.165) is 6.07 Å². The van der Waals surface area contributed by atoms with Gasteiger partial charge in [0, 0.05) is 0 Å². The number of hydrogen-bond donors (Lipinski definition) is 1. The zero-order valence-corrected chi connectivity index (χ0v) is 8.91. The molecule has 0 amide bonds. The van der Waals surface area contributed by atoms with Crippen LogP contribution in [0.15, 0.2) is 6.07 Å². The fourth-order valence-electron chi connectivity index (χ4n) is 0.833. The highest BCUT2D eigenvalue weighted by molar-refractivity contribution is 9.10. The van der Waals surface area contributed by atoms with Gasteiger partial charge in [0.15, 0.2) is 5.15 Å². The van der Waals surface area contributed by atoms with E-state index in [-0.39, 0.29) is 10.8 Å². The van der Waals surface area contributed by atoms with Gasteiger partial charge in [0.2, 0.25) is 0 Å². The van der Waals surface area contributed by atoms with Crippen LogP contribution in [0.4, 0.5) is 18.9 Å². The Balaban J connectivity index is 3.35. The van der Waals surface area contributed by atoms with E-state index in [1.807, 2.05) is 0 Å². The average molecular weight is 288 g/mol. The molecule has 77 valence electrons. The first-order valence-corrected chi connectivity index (χ1v) is 4.62. The van der Waals surface area contributed by atoms with Crippen molar-refractivity contribution in [3.63, 3.8) is 0 Å². The molecule has 0 saturated carbocycles. The van der Waals surface area contributed by atoms with Crippen LogP contribution in [0, 0.1) is 5.33 Å². The number of nitrogen functional groups attached to an aromatic ring is 1. The number of halogens is 5. The maximum atomic E-state index is 12.3. The van der Waals surface area contributed by atoms with Crippen LogP contribution >= 0.6 is 27.5 Å². The first-order valence-electron chi connectivity index (χ1n) is 3.33. The number of alkyl halides is 3. The Bertz CT molecular complexity index is 354. The molecule has 0 aliphatic carbocycles. The zero-order valence-electron chi connectivity index (χ0n) is 6.57. The Labute approximate surface area is 91.4 Å². The lowest BCUT2D eigenvalue weighted by atomic mass is 10.2. The topological polar surface area (TPSA) is 38.9 Å². The summed E-state index contributed by atoms with van der Waals surface area (Å²) in [4.78, 5) is 3.60. The van der Waals surface area contributed by atoms with Crippen LogP contribution in [0.25, 0.3) is 0 Å². The first-order chi connectivity index (χ1) is 6.36. The number of pyridine rings is 1. The Morgan fingerprint density at radius 2 is 2.07 bits per heavy atom. The fourth-order valence-corrected chi connectivity index (χ4v) is 1.27. The monoisotopic (exact) mass is 287 g/mol. The van der Waals surface area contributed by atoms with Crippen molar-refractivity contribution >= 4 is 33.2 Å². The van der Waals surface area contributed by atoms with Crippen molar-refractivity contribution in [2.45, 2.75) is 6.18 Å². The van der Waals surface area contributed by atoms with Gasteiger partial charge in [-0.15, -0.1) is 0 Å². The van der Waals surface area contributed by atoms with Crippen molar-refractivity contribution in [2.24, 2.45) is 0 Å². The lowest BCUT2D eigenvalue weighted by Gasteiger charge is -2.11. The molecule has 1 aromatic rings. The SMILES string of the molecule is Nc1c(C(F)(F)F)cc([CH]Br)nc1Cl. The fraction of sp³-hybridized carbons (Fsp3) is 0.143. The minimum Gasteiger partial charge on any atom is -0.396 e. The number of aromatic nitrogens is 1. The molecule has 14 heavy (non-hydrogen) atoms. The second-order valence-corrected chi connectivity index (χ2v) is 3.22. The lowest BCUT2D eigenvalue weighted by Crippen LogP contribution is -2.11. The van der Waals surface area contributed by atoms with Crippen LogP contribution < -0.4 is 5.73 Å². The van der Waals surface area contributed by atoms with Crippen LogP contribution in [0.2, 0.25) is 5.15 Å². The highest BCUT2D eigenvalue weighted by Gasteiger charge is 2.34. The van der Waals surface area contributed by atoms with E-state index in [4.69, 9.17) is 17.3 Å². The second-order valence-electron chi connectivity index (χ2n) is 2.41. The number of nitrogens with zero attached hydrogens (tertiary/aromatic N) is 1. The second kappa shape index (κ2) is 3.94. The van der Waals surface area contributed by atoms with Crippen LogP contribution in [0.1, 0.15) is 11.3 Å². The van der Waals surface area contributed by atoms with Crippen molar-refractivity contribution in [2.75, 3.05) is 5.73 Å². The van der Waals surface area contributed by atoms with Crippen LogP contribution in [-0.4, -0.2) is 4.98 Å². The predicted molar refractivity (Wildman–Crippen MR) is 51.0 cm³/mol. The van der Waals surface area contributed by atoms with Crippen molar-refractivity contribution in [3.05, 3.63) is 27.8 Å². The summed E-state index contributed by atoms with van der Waals surface area (Å²) in [6, 6.07) is 0.815. The molecule has 0 bridgehead atoms. The predicted octanol–water partition coefficient (Wildman–Crippen LogP) is 3.24. The molecule has 1 radical (unpaired) electrons. The normalized spacial score (nSPS) is 11.8. The quantitative estimate of drug-likeness (QED) is 0.806. The number of rotatable bonds is 1.